The zero-order valence-corrected chi connectivity index (χ0v) is 12.9. The molecule has 112 valence electrons. The molecule has 2 rings (SSSR count). The summed E-state index contributed by atoms with van der Waals surface area (Å²) in [4.78, 5) is 14.1. The molecule has 0 amide bonds. The molecule has 0 radical (unpaired) electrons. The van der Waals surface area contributed by atoms with Crippen molar-refractivity contribution in [3.8, 4) is 0 Å². The van der Waals surface area contributed by atoms with Crippen molar-refractivity contribution in [3.63, 3.8) is 0 Å². The Bertz CT molecular complexity index is 643. The zero-order chi connectivity index (χ0) is 18.2. The molecule has 0 saturated carbocycles. The van der Waals surface area contributed by atoms with E-state index in [9.17, 15) is 4.79 Å². The van der Waals surface area contributed by atoms with Crippen molar-refractivity contribution >= 4 is 18.4 Å². The minimum Gasteiger partial charge on any atom is -0.454 e. The van der Waals surface area contributed by atoms with Crippen molar-refractivity contribution in [2.45, 2.75) is 32.3 Å². The van der Waals surface area contributed by atoms with Crippen LogP contribution in [0.2, 0.25) is 0 Å². The largest absolute Gasteiger partial charge is 0.454 e. The first-order chi connectivity index (χ1) is 11.2. The molecule has 1 aromatic rings. The van der Waals surface area contributed by atoms with E-state index in [0.29, 0.717) is 19.5 Å². The molecule has 0 spiro atoms. The van der Waals surface area contributed by atoms with E-state index in [4.69, 9.17) is 11.6 Å². The van der Waals surface area contributed by atoms with Crippen molar-refractivity contribution in [1.82, 2.24) is 4.90 Å². The number of esters is 1. The quantitative estimate of drug-likeness (QED) is 0.803. The molecule has 0 unspecified atom stereocenters. The molecule has 0 bridgehead atoms. The van der Waals surface area contributed by atoms with Gasteiger partial charge in [-0.15, -0.1) is 12.4 Å². The fraction of sp³-hybridized carbons (Fsp3) is 0.562. The number of ether oxygens (including phenoxy) is 1. The summed E-state index contributed by atoms with van der Waals surface area (Å²) < 4.78 is 45.9. The second-order valence-corrected chi connectivity index (χ2v) is 5.13. The Hall–Kier alpha value is -1.06. The standard InChI is InChI=1S/C16H23NO2.ClH/c1-4-15(18)19-16(14-8-6-5-7-9-14)10-11-17(3)12-13(16)2;/h5-9,13H,4,10-12H2,1-3H3;1H/t13-,16+;/m0./s1/i5D,6D,7D,8D,9D;. The van der Waals surface area contributed by atoms with Crippen LogP contribution >= 0.6 is 12.4 Å². The average molecular weight is 303 g/mol. The monoisotopic (exact) mass is 302 g/mol. The lowest BCUT2D eigenvalue weighted by Gasteiger charge is -2.45. The molecule has 0 aromatic heterocycles. The van der Waals surface area contributed by atoms with E-state index in [-0.39, 0.29) is 42.4 Å². The number of likely N-dealkylation sites (tertiary alicyclic amines) is 1. The summed E-state index contributed by atoms with van der Waals surface area (Å²) in [5.74, 6) is -0.631. The normalized spacial score (nSPS) is 30.1. The van der Waals surface area contributed by atoms with Gasteiger partial charge in [0.25, 0.3) is 0 Å². The maximum Gasteiger partial charge on any atom is 0.306 e. The van der Waals surface area contributed by atoms with Crippen LogP contribution in [0.3, 0.4) is 0 Å². The third-order valence-electron chi connectivity index (χ3n) is 3.75. The first kappa shape index (κ1) is 10.6. The summed E-state index contributed by atoms with van der Waals surface area (Å²) in [7, 11) is 1.95. The number of nitrogens with zero attached hydrogens (tertiary/aromatic N) is 1. The highest BCUT2D eigenvalue weighted by Gasteiger charge is 2.44. The Kier molecular flexibility index (Phi) is 3.77. The molecule has 4 heteroatoms. The van der Waals surface area contributed by atoms with Gasteiger partial charge < -0.3 is 9.64 Å². The Morgan fingerprint density at radius 1 is 1.50 bits per heavy atom. The van der Waals surface area contributed by atoms with Crippen LogP contribution in [0, 0.1) is 5.92 Å². The lowest BCUT2D eigenvalue weighted by molar-refractivity contribution is -0.174. The molecule has 3 nitrogen and oxygen atoms in total. The van der Waals surface area contributed by atoms with E-state index >= 15 is 0 Å². The average Bonchev–Trinajstić information content (AvgIpc) is 2.54. The predicted octanol–water partition coefficient (Wildman–Crippen LogP) is 3.23. The maximum absolute atomic E-state index is 12.1. The molecule has 1 aromatic carbocycles. The first-order valence-corrected chi connectivity index (χ1v) is 6.63. The topological polar surface area (TPSA) is 29.5 Å². The van der Waals surface area contributed by atoms with Gasteiger partial charge in [0, 0.05) is 31.8 Å². The van der Waals surface area contributed by atoms with Crippen LogP contribution in [0.15, 0.2) is 30.2 Å². The number of hydrogen-bond donors (Lipinski definition) is 0. The molecule has 0 N–H and O–H groups in total. The van der Waals surface area contributed by atoms with Crippen molar-refractivity contribution < 1.29 is 16.4 Å². The molecule has 20 heavy (non-hydrogen) atoms. The number of benzene rings is 1. The number of halogens is 1. The highest BCUT2D eigenvalue weighted by Crippen LogP contribution is 2.40. The highest BCUT2D eigenvalue weighted by molar-refractivity contribution is 5.85. The molecular weight excluding hydrogens is 274 g/mol. The van der Waals surface area contributed by atoms with Gasteiger partial charge in [-0.2, -0.15) is 0 Å². The number of carbonyl (C=O) groups is 1. The molecule has 1 fully saturated rings. The second kappa shape index (κ2) is 7.09. The smallest absolute Gasteiger partial charge is 0.306 e. The second-order valence-electron chi connectivity index (χ2n) is 5.13. The van der Waals surface area contributed by atoms with E-state index < -0.39 is 29.7 Å². The first-order valence-electron chi connectivity index (χ1n) is 9.13. The van der Waals surface area contributed by atoms with E-state index in [1.165, 1.54) is 0 Å². The third kappa shape index (κ3) is 3.33. The van der Waals surface area contributed by atoms with Crippen LogP contribution in [-0.2, 0) is 15.1 Å². The lowest BCUT2D eigenvalue weighted by atomic mass is 9.76. The predicted molar refractivity (Wildman–Crippen MR) is 83.0 cm³/mol. The van der Waals surface area contributed by atoms with Crippen LogP contribution in [0.25, 0.3) is 0 Å². The number of carbonyl (C=O) groups excluding carboxylic acids is 1. The van der Waals surface area contributed by atoms with Crippen molar-refractivity contribution in [3.05, 3.63) is 35.8 Å². The van der Waals surface area contributed by atoms with Crippen molar-refractivity contribution in [2.75, 3.05) is 20.1 Å². The van der Waals surface area contributed by atoms with Gasteiger partial charge in [-0.05, 0) is 12.6 Å². The Morgan fingerprint density at radius 3 is 2.70 bits per heavy atom. The van der Waals surface area contributed by atoms with Crippen molar-refractivity contribution in [2.24, 2.45) is 5.92 Å². The molecule has 1 heterocycles. The van der Waals surface area contributed by atoms with E-state index in [2.05, 4.69) is 4.90 Å². The number of piperidine rings is 1. The fourth-order valence-electron chi connectivity index (χ4n) is 2.62. The summed E-state index contributed by atoms with van der Waals surface area (Å²) >= 11 is 0. The van der Waals surface area contributed by atoms with Gasteiger partial charge in [-0.3, -0.25) is 4.79 Å². The van der Waals surface area contributed by atoms with Crippen LogP contribution in [0.1, 0.15) is 39.1 Å². The number of rotatable bonds is 3. The van der Waals surface area contributed by atoms with Gasteiger partial charge in [0.05, 0.1) is 6.85 Å². The van der Waals surface area contributed by atoms with Gasteiger partial charge in [0.1, 0.15) is 5.60 Å². The Labute approximate surface area is 134 Å². The third-order valence-corrected chi connectivity index (χ3v) is 3.75. The zero-order valence-electron chi connectivity index (χ0n) is 17.1. The SMILES string of the molecule is Cl.[2H]c1c([2H])c([2H])c([C@@]2(OC(=O)CC)CCN(C)C[C@@H]2C)c([2H])c1[2H]. The molecule has 0 aliphatic carbocycles. The highest BCUT2D eigenvalue weighted by atomic mass is 35.5. The number of hydrogen-bond acceptors (Lipinski definition) is 3. The summed E-state index contributed by atoms with van der Waals surface area (Å²) in [5.41, 5.74) is -1.11. The summed E-state index contributed by atoms with van der Waals surface area (Å²) in [5, 5.41) is 0. The van der Waals surface area contributed by atoms with Gasteiger partial charge in [0.2, 0.25) is 0 Å². The summed E-state index contributed by atoms with van der Waals surface area (Å²) in [6.45, 7) is 4.79. The van der Waals surface area contributed by atoms with E-state index in [0.717, 1.165) is 0 Å². The van der Waals surface area contributed by atoms with Crippen LogP contribution in [0.5, 0.6) is 0 Å². The van der Waals surface area contributed by atoms with Gasteiger partial charge in [0.15, 0.2) is 0 Å². The van der Waals surface area contributed by atoms with Crippen molar-refractivity contribution in [1.29, 1.82) is 0 Å². The van der Waals surface area contributed by atoms with E-state index in [1.807, 2.05) is 14.0 Å². The summed E-state index contributed by atoms with van der Waals surface area (Å²) in [6, 6.07) is -1.82. The minimum atomic E-state index is -1.20. The molecule has 1 aliphatic heterocycles. The maximum atomic E-state index is 12.1. The van der Waals surface area contributed by atoms with Crippen LogP contribution in [-0.4, -0.2) is 31.0 Å². The molecular formula is C16H24ClNO2. The van der Waals surface area contributed by atoms with Crippen LogP contribution in [0.4, 0.5) is 0 Å². The Morgan fingerprint density at radius 2 is 2.15 bits per heavy atom. The van der Waals surface area contributed by atoms with Crippen LogP contribution < -0.4 is 0 Å². The van der Waals surface area contributed by atoms with Gasteiger partial charge >= 0.3 is 5.97 Å². The Balaban J connectivity index is 0.00000312. The fourth-order valence-corrected chi connectivity index (χ4v) is 2.62. The molecule has 2 atom stereocenters. The minimum absolute atomic E-state index is 0. The van der Waals surface area contributed by atoms with Gasteiger partial charge in [-0.25, -0.2) is 0 Å². The lowest BCUT2D eigenvalue weighted by Crippen LogP contribution is -2.50. The summed E-state index contributed by atoms with van der Waals surface area (Å²) in [6.07, 6.45) is 0.563. The van der Waals surface area contributed by atoms with Gasteiger partial charge in [-0.1, -0.05) is 44.1 Å². The molecule has 1 aliphatic rings. The van der Waals surface area contributed by atoms with E-state index in [1.54, 1.807) is 6.92 Å². The molecule has 1 saturated heterocycles.